The molecule has 200 valence electrons. The van der Waals surface area contributed by atoms with E-state index in [4.69, 9.17) is 16.6 Å². The van der Waals surface area contributed by atoms with Crippen molar-refractivity contribution in [2.75, 3.05) is 24.3 Å². The van der Waals surface area contributed by atoms with E-state index in [-0.39, 0.29) is 24.2 Å². The van der Waals surface area contributed by atoms with Gasteiger partial charge in [-0.05, 0) is 62.1 Å². The number of benzene rings is 2. The Morgan fingerprint density at radius 1 is 0.974 bits per heavy atom. The number of anilines is 2. The van der Waals surface area contributed by atoms with Crippen LogP contribution in [0.15, 0.2) is 54.7 Å². The molecule has 0 bridgehead atoms. The molecule has 2 aromatic heterocycles. The van der Waals surface area contributed by atoms with E-state index in [1.54, 1.807) is 12.1 Å². The van der Waals surface area contributed by atoms with Crippen molar-refractivity contribution in [2.45, 2.75) is 50.5 Å². The number of alkyl halides is 3. The average Bonchev–Trinajstić information content (AvgIpc) is 3.33. The fraction of sp³-hybridized carbons (Fsp3) is 0.370. The lowest BCUT2D eigenvalue weighted by molar-refractivity contribution is -0.143. The minimum atomic E-state index is -4.54. The largest absolute Gasteiger partial charge is 0.433 e. The predicted octanol–water partition coefficient (Wildman–Crippen LogP) is 6.07. The van der Waals surface area contributed by atoms with Crippen molar-refractivity contribution in [3.8, 4) is 5.69 Å². The van der Waals surface area contributed by atoms with Crippen molar-refractivity contribution in [3.63, 3.8) is 0 Å². The first kappa shape index (κ1) is 26.2. The summed E-state index contributed by atoms with van der Waals surface area (Å²) in [5, 5.41) is 12.3. The summed E-state index contributed by atoms with van der Waals surface area (Å²) in [6.07, 6.45) is 0.135. The normalized spacial score (nSPS) is 18.1. The third-order valence-corrected chi connectivity index (χ3v) is 7.08. The Labute approximate surface area is 224 Å². The summed E-state index contributed by atoms with van der Waals surface area (Å²) in [6.45, 7) is 0.0885. The van der Waals surface area contributed by atoms with Gasteiger partial charge in [-0.1, -0.05) is 23.7 Å². The second-order valence-electron chi connectivity index (χ2n) is 9.76. The second-order valence-corrected chi connectivity index (χ2v) is 10.2. The van der Waals surface area contributed by atoms with E-state index < -0.39 is 11.9 Å². The summed E-state index contributed by atoms with van der Waals surface area (Å²) in [7, 11) is 3.91. The molecule has 0 radical (unpaired) electrons. The molecule has 0 aliphatic heterocycles. The maximum atomic E-state index is 14.0. The number of para-hydroxylation sites is 1. The van der Waals surface area contributed by atoms with Crippen molar-refractivity contribution < 1.29 is 13.2 Å². The molecular weight excluding hydrogens is 515 g/mol. The van der Waals surface area contributed by atoms with Gasteiger partial charge in [-0.3, -0.25) is 0 Å². The molecule has 1 saturated carbocycles. The molecule has 1 fully saturated rings. The van der Waals surface area contributed by atoms with Crippen molar-refractivity contribution in [2.24, 2.45) is 0 Å². The highest BCUT2D eigenvalue weighted by Crippen LogP contribution is 2.34. The SMILES string of the molecule is CN(C)c1nc(NC2CCC(NCc3cnn(-c4ccc(Cl)cc4)c3C(F)(F)F)CC2)nc2ccccc12. The van der Waals surface area contributed by atoms with Crippen LogP contribution in [0, 0.1) is 0 Å². The zero-order valence-electron chi connectivity index (χ0n) is 21.1. The Kier molecular flexibility index (Phi) is 7.45. The number of rotatable bonds is 7. The molecule has 2 heterocycles. The van der Waals surface area contributed by atoms with Gasteiger partial charge in [0.05, 0.1) is 17.4 Å². The Hall–Kier alpha value is -3.37. The van der Waals surface area contributed by atoms with Gasteiger partial charge in [0.15, 0.2) is 5.69 Å². The minimum Gasteiger partial charge on any atom is -0.362 e. The van der Waals surface area contributed by atoms with Gasteiger partial charge in [-0.15, -0.1) is 0 Å². The minimum absolute atomic E-state index is 0.0885. The first-order chi connectivity index (χ1) is 18.2. The zero-order valence-corrected chi connectivity index (χ0v) is 21.9. The highest BCUT2D eigenvalue weighted by Gasteiger charge is 2.38. The van der Waals surface area contributed by atoms with Crippen molar-refractivity contribution in [1.82, 2.24) is 25.1 Å². The van der Waals surface area contributed by atoms with Crippen molar-refractivity contribution in [1.29, 1.82) is 0 Å². The van der Waals surface area contributed by atoms with Gasteiger partial charge in [-0.2, -0.15) is 23.3 Å². The van der Waals surface area contributed by atoms with Crippen LogP contribution >= 0.6 is 11.6 Å². The highest BCUT2D eigenvalue weighted by molar-refractivity contribution is 6.30. The van der Waals surface area contributed by atoms with Crippen molar-refractivity contribution >= 4 is 34.3 Å². The maximum Gasteiger partial charge on any atom is 0.433 e. The van der Waals surface area contributed by atoms with E-state index in [0.29, 0.717) is 16.7 Å². The number of fused-ring (bicyclic) bond motifs is 1. The van der Waals surface area contributed by atoms with Crippen LogP contribution in [-0.4, -0.2) is 45.9 Å². The number of nitrogens with one attached hydrogen (secondary N) is 2. The lowest BCUT2D eigenvalue weighted by Crippen LogP contribution is -2.37. The van der Waals surface area contributed by atoms with E-state index in [0.717, 1.165) is 47.1 Å². The van der Waals surface area contributed by atoms with E-state index in [1.165, 1.54) is 18.3 Å². The molecule has 1 aliphatic carbocycles. The predicted molar refractivity (Wildman–Crippen MR) is 144 cm³/mol. The Bertz CT molecular complexity index is 1390. The topological polar surface area (TPSA) is 70.9 Å². The van der Waals surface area contributed by atoms with Crippen LogP contribution < -0.4 is 15.5 Å². The van der Waals surface area contributed by atoms with E-state index in [2.05, 4.69) is 20.7 Å². The number of nitrogens with zero attached hydrogens (tertiary/aromatic N) is 5. The molecular formula is C27H29ClF3N7. The first-order valence-corrected chi connectivity index (χ1v) is 12.9. The fourth-order valence-corrected chi connectivity index (χ4v) is 5.06. The van der Waals surface area contributed by atoms with E-state index in [9.17, 15) is 13.2 Å². The third-order valence-electron chi connectivity index (χ3n) is 6.83. The first-order valence-electron chi connectivity index (χ1n) is 12.5. The summed E-state index contributed by atoms with van der Waals surface area (Å²) >= 11 is 5.89. The standard InChI is InChI=1S/C27H29ClF3N7/c1-37(2)25-22-5-3-4-6-23(22)35-26(36-25)34-20-11-9-19(10-12-20)32-15-17-16-33-38(24(17)27(29,30)31)21-13-7-18(28)8-14-21/h3-8,13-14,16,19-20,32H,9-12,15H2,1-2H3,(H,34,35,36). The number of hydrogen-bond donors (Lipinski definition) is 2. The maximum absolute atomic E-state index is 14.0. The summed E-state index contributed by atoms with van der Waals surface area (Å²) < 4.78 is 42.8. The van der Waals surface area contributed by atoms with Gasteiger partial charge < -0.3 is 15.5 Å². The fourth-order valence-electron chi connectivity index (χ4n) is 4.94. The molecule has 0 atom stereocenters. The van der Waals surface area contributed by atoms with Crippen LogP contribution in [0.1, 0.15) is 36.9 Å². The summed E-state index contributed by atoms with van der Waals surface area (Å²) in [4.78, 5) is 11.4. The second kappa shape index (κ2) is 10.8. The number of halogens is 4. The molecule has 11 heteroatoms. The Morgan fingerprint density at radius 2 is 1.66 bits per heavy atom. The lowest BCUT2D eigenvalue weighted by atomic mass is 9.91. The zero-order chi connectivity index (χ0) is 26.9. The third kappa shape index (κ3) is 5.71. The molecule has 0 amide bonds. The van der Waals surface area contributed by atoms with E-state index in [1.807, 2.05) is 43.3 Å². The van der Waals surface area contributed by atoms with Gasteiger partial charge >= 0.3 is 6.18 Å². The van der Waals surface area contributed by atoms with Crippen LogP contribution in [0.25, 0.3) is 16.6 Å². The quantitative estimate of drug-likeness (QED) is 0.295. The summed E-state index contributed by atoms with van der Waals surface area (Å²) in [5.41, 5.74) is 0.540. The molecule has 2 aromatic carbocycles. The lowest BCUT2D eigenvalue weighted by Gasteiger charge is -2.30. The molecule has 2 N–H and O–H groups in total. The van der Waals surface area contributed by atoms with Crippen LogP contribution in [0.4, 0.5) is 24.9 Å². The van der Waals surface area contributed by atoms with E-state index >= 15 is 0 Å². The molecule has 0 unspecified atom stereocenters. The van der Waals surface area contributed by atoms with Gasteiger partial charge in [0.1, 0.15) is 5.82 Å². The summed E-state index contributed by atoms with van der Waals surface area (Å²) in [6, 6.07) is 14.4. The van der Waals surface area contributed by atoms with Gasteiger partial charge in [-0.25, -0.2) is 9.67 Å². The molecule has 38 heavy (non-hydrogen) atoms. The number of aromatic nitrogens is 4. The van der Waals surface area contributed by atoms with Crippen molar-refractivity contribution in [3.05, 3.63) is 71.0 Å². The van der Waals surface area contributed by atoms with Gasteiger partial charge in [0.25, 0.3) is 0 Å². The number of hydrogen-bond acceptors (Lipinski definition) is 6. The van der Waals surface area contributed by atoms with Crippen LogP contribution in [-0.2, 0) is 12.7 Å². The smallest absolute Gasteiger partial charge is 0.362 e. The molecule has 0 saturated heterocycles. The average molecular weight is 544 g/mol. The molecule has 5 rings (SSSR count). The summed E-state index contributed by atoms with van der Waals surface area (Å²) in [5.74, 6) is 1.45. The molecule has 0 spiro atoms. The van der Waals surface area contributed by atoms with Crippen LogP contribution in [0.3, 0.4) is 0 Å². The monoisotopic (exact) mass is 543 g/mol. The highest BCUT2D eigenvalue weighted by atomic mass is 35.5. The molecule has 4 aromatic rings. The van der Waals surface area contributed by atoms with Crippen LogP contribution in [0.5, 0.6) is 0 Å². The van der Waals surface area contributed by atoms with Gasteiger partial charge in [0.2, 0.25) is 5.95 Å². The molecule has 1 aliphatic rings. The Morgan fingerprint density at radius 3 is 2.34 bits per heavy atom. The Balaban J connectivity index is 1.22. The van der Waals surface area contributed by atoms with Gasteiger partial charge in [0, 0.05) is 48.7 Å². The van der Waals surface area contributed by atoms with Crippen LogP contribution in [0.2, 0.25) is 5.02 Å². The molecule has 7 nitrogen and oxygen atoms in total.